The monoisotopic (exact) mass is 1170 g/mol. The van der Waals surface area contributed by atoms with Crippen LogP contribution in [0.15, 0.2) is 60.8 Å². The Morgan fingerprint density at radius 3 is 1.02 bits per heavy atom. The van der Waals surface area contributed by atoms with E-state index in [0.717, 1.165) is 70.6 Å². The van der Waals surface area contributed by atoms with Gasteiger partial charge in [-0.2, -0.15) is 0 Å². The molecule has 1 N–H and O–H groups in total. The molecule has 2 unspecified atom stereocenters. The molecular formula is C74H136NO8+. The first-order valence-corrected chi connectivity index (χ1v) is 35.5. The molecule has 0 aliphatic carbocycles. The second-order valence-electron chi connectivity index (χ2n) is 25.2. The number of carbonyl (C=O) groups is 3. The highest BCUT2D eigenvalue weighted by Gasteiger charge is 2.25. The van der Waals surface area contributed by atoms with Gasteiger partial charge in [0, 0.05) is 12.8 Å². The molecule has 9 heteroatoms. The highest BCUT2D eigenvalue weighted by molar-refractivity contribution is 5.71. The SMILES string of the molecule is CC/C=C\C/C=C\C/C=C\C/C=C\C/C=C\CCCCCCCCCCCCCCCC(=O)OC(COC(=O)CCCCCCCCCCCCCCCCCCCCCCCCCCCCCCC)COC(OCC[N+](C)(C)C)C(=O)O. The third-order valence-corrected chi connectivity index (χ3v) is 15.8. The molecule has 83 heavy (non-hydrogen) atoms. The second kappa shape index (κ2) is 65.0. The normalized spacial score (nSPS) is 13.0. The Morgan fingerprint density at radius 1 is 0.373 bits per heavy atom. The molecule has 484 valence electrons. The Morgan fingerprint density at radius 2 is 0.687 bits per heavy atom. The van der Waals surface area contributed by atoms with Gasteiger partial charge < -0.3 is 28.5 Å². The minimum atomic E-state index is -1.51. The Hall–Kier alpha value is -3.01. The van der Waals surface area contributed by atoms with Crippen molar-refractivity contribution >= 4 is 17.9 Å². The van der Waals surface area contributed by atoms with E-state index in [0.29, 0.717) is 17.4 Å². The summed E-state index contributed by atoms with van der Waals surface area (Å²) in [4.78, 5) is 37.6. The van der Waals surface area contributed by atoms with Gasteiger partial charge in [0.2, 0.25) is 0 Å². The lowest BCUT2D eigenvalue weighted by atomic mass is 10.0. The van der Waals surface area contributed by atoms with E-state index in [1.54, 1.807) is 0 Å². The van der Waals surface area contributed by atoms with E-state index in [4.69, 9.17) is 18.9 Å². The van der Waals surface area contributed by atoms with Gasteiger partial charge in [-0.15, -0.1) is 0 Å². The van der Waals surface area contributed by atoms with Gasteiger partial charge >= 0.3 is 17.9 Å². The van der Waals surface area contributed by atoms with Crippen molar-refractivity contribution in [3.8, 4) is 0 Å². The van der Waals surface area contributed by atoms with Gasteiger partial charge in [0.1, 0.15) is 13.2 Å². The Kier molecular flexibility index (Phi) is 62.6. The molecule has 0 spiro atoms. The van der Waals surface area contributed by atoms with Gasteiger partial charge in [0.15, 0.2) is 6.10 Å². The van der Waals surface area contributed by atoms with Gasteiger partial charge in [-0.05, 0) is 57.8 Å². The number of unbranched alkanes of at least 4 members (excludes halogenated alkanes) is 41. The van der Waals surface area contributed by atoms with E-state index in [2.05, 4.69) is 74.6 Å². The van der Waals surface area contributed by atoms with E-state index >= 15 is 0 Å². The molecule has 2 atom stereocenters. The highest BCUT2D eigenvalue weighted by atomic mass is 16.7. The van der Waals surface area contributed by atoms with Crippen LogP contribution in [0.4, 0.5) is 0 Å². The summed E-state index contributed by atoms with van der Waals surface area (Å²) in [6.07, 6.45) is 82.0. The van der Waals surface area contributed by atoms with Gasteiger partial charge in [-0.3, -0.25) is 9.59 Å². The van der Waals surface area contributed by atoms with Crippen LogP contribution < -0.4 is 0 Å². The number of ether oxygens (including phenoxy) is 4. The summed E-state index contributed by atoms with van der Waals surface area (Å²) >= 11 is 0. The van der Waals surface area contributed by atoms with E-state index in [9.17, 15) is 19.5 Å². The number of quaternary nitrogens is 1. The molecule has 0 aliphatic heterocycles. The van der Waals surface area contributed by atoms with Crippen LogP contribution >= 0.6 is 0 Å². The van der Waals surface area contributed by atoms with Crippen molar-refractivity contribution in [2.45, 2.75) is 347 Å². The zero-order chi connectivity index (χ0) is 60.5. The zero-order valence-electron chi connectivity index (χ0n) is 55.4. The highest BCUT2D eigenvalue weighted by Crippen LogP contribution is 2.19. The van der Waals surface area contributed by atoms with Crippen LogP contribution in [0.5, 0.6) is 0 Å². The summed E-state index contributed by atoms with van der Waals surface area (Å²) in [6.45, 7) is 4.82. The molecule has 0 aromatic carbocycles. The summed E-state index contributed by atoms with van der Waals surface area (Å²) in [5, 5.41) is 9.75. The van der Waals surface area contributed by atoms with Gasteiger partial charge in [-0.25, -0.2) is 4.79 Å². The fraction of sp³-hybridized carbons (Fsp3) is 0.824. The fourth-order valence-corrected chi connectivity index (χ4v) is 10.4. The molecule has 0 saturated heterocycles. The molecule has 0 aromatic rings. The number of allylic oxidation sites excluding steroid dienone is 10. The number of aliphatic carboxylic acids is 1. The largest absolute Gasteiger partial charge is 0.477 e. The number of esters is 2. The lowest BCUT2D eigenvalue weighted by Crippen LogP contribution is -2.40. The molecule has 0 fully saturated rings. The summed E-state index contributed by atoms with van der Waals surface area (Å²) in [7, 11) is 5.99. The molecule has 0 radical (unpaired) electrons. The van der Waals surface area contributed by atoms with Crippen molar-refractivity contribution in [1.82, 2.24) is 0 Å². The lowest BCUT2D eigenvalue weighted by molar-refractivity contribution is -0.870. The van der Waals surface area contributed by atoms with Crippen molar-refractivity contribution in [2.75, 3.05) is 47.5 Å². The van der Waals surface area contributed by atoms with Crippen molar-refractivity contribution in [3.05, 3.63) is 60.8 Å². The lowest BCUT2D eigenvalue weighted by Gasteiger charge is -2.25. The van der Waals surface area contributed by atoms with Crippen LogP contribution in [-0.2, 0) is 33.3 Å². The minimum Gasteiger partial charge on any atom is -0.477 e. The number of nitrogens with zero attached hydrogens (tertiary/aromatic N) is 1. The number of carboxylic acid groups (broad SMARTS) is 1. The molecule has 0 rings (SSSR count). The second-order valence-corrected chi connectivity index (χ2v) is 25.2. The van der Waals surface area contributed by atoms with Crippen LogP contribution in [0.1, 0.15) is 335 Å². The summed E-state index contributed by atoms with van der Waals surface area (Å²) in [5.41, 5.74) is 0. The van der Waals surface area contributed by atoms with E-state index < -0.39 is 24.3 Å². The quantitative estimate of drug-likeness (QED) is 0.0211. The smallest absolute Gasteiger partial charge is 0.361 e. The fourth-order valence-electron chi connectivity index (χ4n) is 10.4. The van der Waals surface area contributed by atoms with Gasteiger partial charge in [0.05, 0.1) is 34.4 Å². The third kappa shape index (κ3) is 66.4. The number of carboxylic acids is 1. The van der Waals surface area contributed by atoms with Crippen LogP contribution in [0, 0.1) is 0 Å². The topological polar surface area (TPSA) is 108 Å². The summed E-state index contributed by atoms with van der Waals surface area (Å²) < 4.78 is 23.0. The van der Waals surface area contributed by atoms with Crippen molar-refractivity contribution in [3.63, 3.8) is 0 Å². The molecule has 0 heterocycles. The Labute approximate surface area is 514 Å². The standard InChI is InChI=1S/C74H135NO8/c1-6-8-10-12-14-16-18-20-22-24-26-28-30-32-34-36-38-40-42-44-46-48-50-52-54-56-58-60-62-64-71(76)81-68-70(69-82-74(73(78)79)80-67-66-75(3,4)5)83-72(77)65-63-61-59-57-55-53-51-49-47-45-43-41-39-37-35-33-31-29-27-25-23-21-19-17-15-13-11-9-7-2/h9,11,15,17,21,23,27,29,33,35,70,74H,6-8,10,12-14,16,18-20,22,24-26,28,30-32,34,36-69H2,1-5H3/p+1/b11-9-,17-15-,23-21-,29-27-,35-33-. The predicted octanol–water partition coefficient (Wildman–Crippen LogP) is 21.9. The zero-order valence-corrected chi connectivity index (χ0v) is 55.4. The van der Waals surface area contributed by atoms with Crippen LogP contribution in [0.3, 0.4) is 0 Å². The molecule has 0 aromatic heterocycles. The maximum atomic E-state index is 12.9. The number of hydrogen-bond acceptors (Lipinski definition) is 7. The van der Waals surface area contributed by atoms with Crippen LogP contribution in [0.25, 0.3) is 0 Å². The number of rotatable bonds is 66. The van der Waals surface area contributed by atoms with Gasteiger partial charge in [0.25, 0.3) is 6.29 Å². The number of carbonyl (C=O) groups excluding carboxylic acids is 2. The molecule has 0 saturated carbocycles. The maximum Gasteiger partial charge on any atom is 0.361 e. The van der Waals surface area contributed by atoms with E-state index in [1.165, 1.54) is 238 Å². The number of hydrogen-bond donors (Lipinski definition) is 1. The van der Waals surface area contributed by atoms with Crippen molar-refractivity contribution in [2.24, 2.45) is 0 Å². The first-order valence-electron chi connectivity index (χ1n) is 35.5. The minimum absolute atomic E-state index is 0.179. The molecule has 0 aliphatic rings. The summed E-state index contributed by atoms with van der Waals surface area (Å²) in [6, 6.07) is 0. The van der Waals surface area contributed by atoms with Crippen molar-refractivity contribution < 1.29 is 42.9 Å². The third-order valence-electron chi connectivity index (χ3n) is 15.8. The Balaban J connectivity index is 4.08. The maximum absolute atomic E-state index is 12.9. The average Bonchev–Trinajstić information content (AvgIpc) is 3.46. The Bertz CT molecular complexity index is 1550. The van der Waals surface area contributed by atoms with Crippen LogP contribution in [-0.4, -0.2) is 87.4 Å². The average molecular weight is 1170 g/mol. The van der Waals surface area contributed by atoms with Crippen LogP contribution in [0.2, 0.25) is 0 Å². The molecule has 0 bridgehead atoms. The van der Waals surface area contributed by atoms with E-state index in [1.807, 2.05) is 21.1 Å². The molecule has 9 nitrogen and oxygen atoms in total. The predicted molar refractivity (Wildman–Crippen MR) is 355 cm³/mol. The first-order chi connectivity index (χ1) is 40.6. The van der Waals surface area contributed by atoms with Gasteiger partial charge in [-0.1, -0.05) is 325 Å². The first kappa shape index (κ1) is 80.0. The molecular weight excluding hydrogens is 1030 g/mol. The summed E-state index contributed by atoms with van der Waals surface area (Å²) in [5.74, 6) is -1.99. The number of likely N-dealkylation sites (N-methyl/N-ethyl adjacent to an activating group) is 1. The molecule has 0 amide bonds. The van der Waals surface area contributed by atoms with Crippen molar-refractivity contribution in [1.29, 1.82) is 0 Å². The van der Waals surface area contributed by atoms with E-state index in [-0.39, 0.29) is 32.2 Å².